The maximum atomic E-state index is 10.8. The molecule has 2 aromatic carbocycles. The lowest BCUT2D eigenvalue weighted by atomic mass is 10.2. The number of benzene rings is 2. The van der Waals surface area contributed by atoms with Gasteiger partial charge in [0.2, 0.25) is 0 Å². The number of nitro groups is 2. The maximum absolute atomic E-state index is 10.8. The van der Waals surface area contributed by atoms with Gasteiger partial charge >= 0.3 is 0 Å². The van der Waals surface area contributed by atoms with Crippen molar-refractivity contribution in [1.82, 2.24) is 0 Å². The third-order valence-electron chi connectivity index (χ3n) is 2.66. The number of nitro benzene ring substituents is 2. The van der Waals surface area contributed by atoms with Crippen LogP contribution in [0.15, 0.2) is 47.4 Å². The SMILES string of the molecule is O=[N+]([O-])c1ccc(SCc2ccc(Cl)c([N+](=O)[O-])c2)cc1. The Morgan fingerprint density at radius 1 is 1.00 bits per heavy atom. The van der Waals surface area contributed by atoms with Crippen LogP contribution in [0, 0.1) is 20.2 Å². The van der Waals surface area contributed by atoms with Crippen molar-refractivity contribution in [2.75, 3.05) is 0 Å². The molecule has 0 bridgehead atoms. The Labute approximate surface area is 129 Å². The lowest BCUT2D eigenvalue weighted by Crippen LogP contribution is -1.91. The Kier molecular flexibility index (Phi) is 4.77. The molecular formula is C13H9ClN2O4S. The standard InChI is InChI=1S/C13H9ClN2O4S/c14-12-6-1-9(7-13(12)16(19)20)8-21-11-4-2-10(3-5-11)15(17)18/h1-7H,8H2. The molecule has 0 fully saturated rings. The molecule has 0 aliphatic carbocycles. The van der Waals surface area contributed by atoms with Crippen molar-refractivity contribution in [2.24, 2.45) is 0 Å². The van der Waals surface area contributed by atoms with Crippen LogP contribution in [-0.2, 0) is 5.75 Å². The van der Waals surface area contributed by atoms with Crippen molar-refractivity contribution in [2.45, 2.75) is 10.6 Å². The Morgan fingerprint density at radius 2 is 1.67 bits per heavy atom. The zero-order valence-corrected chi connectivity index (χ0v) is 12.1. The van der Waals surface area contributed by atoms with E-state index in [0.717, 1.165) is 10.5 Å². The fraction of sp³-hybridized carbons (Fsp3) is 0.0769. The first kappa shape index (κ1) is 15.3. The summed E-state index contributed by atoms with van der Waals surface area (Å²) in [6.07, 6.45) is 0. The lowest BCUT2D eigenvalue weighted by molar-refractivity contribution is -0.385. The summed E-state index contributed by atoms with van der Waals surface area (Å²) in [7, 11) is 0. The molecule has 2 rings (SSSR count). The highest BCUT2D eigenvalue weighted by atomic mass is 35.5. The van der Waals surface area contributed by atoms with Gasteiger partial charge in [-0.1, -0.05) is 17.7 Å². The van der Waals surface area contributed by atoms with Crippen LogP contribution in [0.1, 0.15) is 5.56 Å². The van der Waals surface area contributed by atoms with Crippen LogP contribution in [0.3, 0.4) is 0 Å². The van der Waals surface area contributed by atoms with Gasteiger partial charge in [0.15, 0.2) is 0 Å². The van der Waals surface area contributed by atoms with Gasteiger partial charge < -0.3 is 0 Å². The summed E-state index contributed by atoms with van der Waals surface area (Å²) < 4.78 is 0. The van der Waals surface area contributed by atoms with Gasteiger partial charge in [-0.15, -0.1) is 11.8 Å². The highest BCUT2D eigenvalue weighted by Gasteiger charge is 2.12. The van der Waals surface area contributed by atoms with E-state index in [-0.39, 0.29) is 16.4 Å². The van der Waals surface area contributed by atoms with Crippen LogP contribution in [0.4, 0.5) is 11.4 Å². The average Bonchev–Trinajstić information content (AvgIpc) is 2.46. The summed E-state index contributed by atoms with van der Waals surface area (Å²) in [4.78, 5) is 21.2. The van der Waals surface area contributed by atoms with Crippen molar-refractivity contribution >= 4 is 34.7 Å². The van der Waals surface area contributed by atoms with Gasteiger partial charge in [-0.2, -0.15) is 0 Å². The van der Waals surface area contributed by atoms with Gasteiger partial charge in [0, 0.05) is 28.8 Å². The van der Waals surface area contributed by atoms with Crippen molar-refractivity contribution in [1.29, 1.82) is 0 Å². The van der Waals surface area contributed by atoms with E-state index < -0.39 is 9.85 Å². The number of thioether (sulfide) groups is 1. The van der Waals surface area contributed by atoms with E-state index in [9.17, 15) is 20.2 Å². The maximum Gasteiger partial charge on any atom is 0.288 e. The average molecular weight is 325 g/mol. The zero-order chi connectivity index (χ0) is 15.4. The molecule has 0 unspecified atom stereocenters. The second-order valence-electron chi connectivity index (χ2n) is 4.08. The molecule has 0 atom stereocenters. The Hall–Kier alpha value is -2.12. The molecule has 0 heterocycles. The normalized spacial score (nSPS) is 10.3. The minimum atomic E-state index is -0.525. The molecule has 0 saturated carbocycles. The van der Waals surface area contributed by atoms with Crippen LogP contribution in [0.5, 0.6) is 0 Å². The Bertz CT molecular complexity index is 691. The van der Waals surface area contributed by atoms with Crippen molar-refractivity contribution in [3.05, 3.63) is 73.3 Å². The number of nitrogens with zero attached hydrogens (tertiary/aromatic N) is 2. The third-order valence-corrected chi connectivity index (χ3v) is 4.06. The summed E-state index contributed by atoms with van der Waals surface area (Å²) in [5.41, 5.74) is 0.661. The van der Waals surface area contributed by atoms with Gasteiger partial charge in [0.1, 0.15) is 5.02 Å². The number of rotatable bonds is 5. The second-order valence-corrected chi connectivity index (χ2v) is 5.54. The van der Waals surface area contributed by atoms with E-state index in [4.69, 9.17) is 11.6 Å². The molecule has 0 amide bonds. The number of hydrogen-bond acceptors (Lipinski definition) is 5. The van der Waals surface area contributed by atoms with Crippen LogP contribution < -0.4 is 0 Å². The molecule has 2 aromatic rings. The molecule has 6 nitrogen and oxygen atoms in total. The van der Waals surface area contributed by atoms with E-state index in [2.05, 4.69) is 0 Å². The van der Waals surface area contributed by atoms with E-state index in [1.165, 1.54) is 36.0 Å². The molecule has 0 aromatic heterocycles. The fourth-order valence-corrected chi connectivity index (χ4v) is 2.65. The molecule has 0 aliphatic rings. The first-order valence-corrected chi connectivity index (χ1v) is 7.14. The fourth-order valence-electron chi connectivity index (χ4n) is 1.62. The highest BCUT2D eigenvalue weighted by Crippen LogP contribution is 2.29. The van der Waals surface area contributed by atoms with Gasteiger partial charge in [0.05, 0.1) is 9.85 Å². The third kappa shape index (κ3) is 3.93. The lowest BCUT2D eigenvalue weighted by Gasteiger charge is -2.03. The largest absolute Gasteiger partial charge is 0.288 e. The van der Waals surface area contributed by atoms with Gasteiger partial charge in [-0.3, -0.25) is 20.2 Å². The number of hydrogen-bond donors (Lipinski definition) is 0. The molecule has 0 aliphatic heterocycles. The predicted molar refractivity (Wildman–Crippen MR) is 80.8 cm³/mol. The molecule has 21 heavy (non-hydrogen) atoms. The molecule has 108 valence electrons. The molecule has 0 N–H and O–H groups in total. The summed E-state index contributed by atoms with van der Waals surface area (Å²) in [5.74, 6) is 0.510. The Morgan fingerprint density at radius 3 is 2.24 bits per heavy atom. The number of non-ortho nitro benzene ring substituents is 1. The van der Waals surface area contributed by atoms with Gasteiger partial charge in [-0.05, 0) is 23.8 Å². The van der Waals surface area contributed by atoms with Crippen LogP contribution in [0.25, 0.3) is 0 Å². The van der Waals surface area contributed by atoms with Crippen LogP contribution >= 0.6 is 23.4 Å². The smallest absolute Gasteiger partial charge is 0.258 e. The summed E-state index contributed by atoms with van der Waals surface area (Å²) in [6.45, 7) is 0. The van der Waals surface area contributed by atoms with Crippen molar-refractivity contribution in [3.8, 4) is 0 Å². The van der Waals surface area contributed by atoms with Gasteiger partial charge in [-0.25, -0.2) is 0 Å². The monoisotopic (exact) mass is 324 g/mol. The van der Waals surface area contributed by atoms with E-state index in [0.29, 0.717) is 5.75 Å². The van der Waals surface area contributed by atoms with Crippen molar-refractivity contribution < 1.29 is 9.85 Å². The predicted octanol–water partition coefficient (Wildman–Crippen LogP) is 4.45. The minimum absolute atomic E-state index is 0.0291. The molecular weight excluding hydrogens is 316 g/mol. The van der Waals surface area contributed by atoms with E-state index in [1.54, 1.807) is 18.2 Å². The highest BCUT2D eigenvalue weighted by molar-refractivity contribution is 7.98. The molecule has 0 radical (unpaired) electrons. The van der Waals surface area contributed by atoms with Crippen LogP contribution in [0.2, 0.25) is 5.02 Å². The van der Waals surface area contributed by atoms with E-state index in [1.807, 2.05) is 0 Å². The van der Waals surface area contributed by atoms with Crippen molar-refractivity contribution in [3.63, 3.8) is 0 Å². The molecule has 8 heteroatoms. The summed E-state index contributed by atoms with van der Waals surface area (Å²) >= 11 is 7.18. The Balaban J connectivity index is 2.07. The second kappa shape index (κ2) is 6.55. The summed E-state index contributed by atoms with van der Waals surface area (Å²) in [6, 6.07) is 10.8. The minimum Gasteiger partial charge on any atom is -0.258 e. The van der Waals surface area contributed by atoms with Crippen LogP contribution in [-0.4, -0.2) is 9.85 Å². The zero-order valence-electron chi connectivity index (χ0n) is 10.6. The first-order chi connectivity index (χ1) is 9.97. The summed E-state index contributed by atoms with van der Waals surface area (Å²) in [5, 5.41) is 21.4. The van der Waals surface area contributed by atoms with Gasteiger partial charge in [0.25, 0.3) is 11.4 Å². The topological polar surface area (TPSA) is 86.3 Å². The molecule has 0 saturated heterocycles. The van der Waals surface area contributed by atoms with E-state index >= 15 is 0 Å². The molecule has 0 spiro atoms. The first-order valence-electron chi connectivity index (χ1n) is 5.77. The quantitative estimate of drug-likeness (QED) is 0.460. The number of halogens is 1.